The Bertz CT molecular complexity index is 241. The van der Waals surface area contributed by atoms with Crippen molar-refractivity contribution in [2.75, 3.05) is 24.7 Å². The van der Waals surface area contributed by atoms with Gasteiger partial charge in [0.2, 0.25) is 11.9 Å². The van der Waals surface area contributed by atoms with Gasteiger partial charge in [-0.15, -0.1) is 0 Å². The largest absolute Gasteiger partial charge is 0.479 e. The van der Waals surface area contributed by atoms with Crippen molar-refractivity contribution >= 4 is 11.9 Å². The molecule has 0 saturated carbocycles. The van der Waals surface area contributed by atoms with Crippen LogP contribution in [0.3, 0.4) is 0 Å². The van der Waals surface area contributed by atoms with Gasteiger partial charge in [0, 0.05) is 14.1 Å². The number of nitrogens with two attached hydrogens (primary N) is 1. The van der Waals surface area contributed by atoms with Crippen molar-refractivity contribution in [2.45, 2.75) is 0 Å². The van der Waals surface area contributed by atoms with Crippen LogP contribution in [0.25, 0.3) is 0 Å². The van der Waals surface area contributed by atoms with Gasteiger partial charge in [-0.05, 0) is 0 Å². The highest BCUT2D eigenvalue weighted by Gasteiger charge is 2.03. The van der Waals surface area contributed by atoms with E-state index >= 15 is 0 Å². The normalized spacial score (nSPS) is 9.64. The van der Waals surface area contributed by atoms with Crippen molar-refractivity contribution < 1.29 is 5.11 Å². The quantitative estimate of drug-likeness (QED) is 0.553. The minimum absolute atomic E-state index is 0.0150. The van der Waals surface area contributed by atoms with Crippen LogP contribution in [-0.4, -0.2) is 34.2 Å². The van der Waals surface area contributed by atoms with Crippen LogP contribution in [0.1, 0.15) is 0 Å². The molecule has 6 nitrogen and oxygen atoms in total. The van der Waals surface area contributed by atoms with Gasteiger partial charge >= 0.3 is 6.01 Å². The van der Waals surface area contributed by atoms with Gasteiger partial charge in [0.1, 0.15) is 0 Å². The first kappa shape index (κ1) is 7.52. The number of nitrogens with zero attached hydrogens (tertiary/aromatic N) is 4. The molecule has 0 atom stereocenters. The van der Waals surface area contributed by atoms with E-state index in [0.717, 1.165) is 0 Å². The molecule has 3 N–H and O–H groups in total. The minimum atomic E-state index is -0.360. The number of rotatable bonds is 1. The average Bonchev–Trinajstić information content (AvgIpc) is 1.85. The molecule has 0 aliphatic rings. The highest BCUT2D eigenvalue weighted by Crippen LogP contribution is 2.08. The Labute approximate surface area is 63.7 Å². The number of nitrogen functional groups attached to an aromatic ring is 1. The van der Waals surface area contributed by atoms with Crippen molar-refractivity contribution in [1.82, 2.24) is 15.0 Å². The van der Waals surface area contributed by atoms with E-state index < -0.39 is 0 Å². The second kappa shape index (κ2) is 2.57. The van der Waals surface area contributed by atoms with Crippen LogP contribution in [0.5, 0.6) is 6.01 Å². The molecule has 1 heterocycles. The van der Waals surface area contributed by atoms with E-state index in [2.05, 4.69) is 15.0 Å². The van der Waals surface area contributed by atoms with Gasteiger partial charge in [0.25, 0.3) is 0 Å². The second-order valence-corrected chi connectivity index (χ2v) is 2.19. The summed E-state index contributed by atoms with van der Waals surface area (Å²) in [5.41, 5.74) is 5.25. The molecule has 6 heteroatoms. The Morgan fingerprint density at radius 1 is 1.27 bits per heavy atom. The van der Waals surface area contributed by atoms with Gasteiger partial charge in [-0.3, -0.25) is 0 Å². The fraction of sp³-hybridized carbons (Fsp3) is 0.400. The molecular weight excluding hydrogens is 146 g/mol. The van der Waals surface area contributed by atoms with Gasteiger partial charge < -0.3 is 15.7 Å². The zero-order valence-corrected chi connectivity index (χ0v) is 6.31. The molecular formula is C5H9N5O. The molecule has 11 heavy (non-hydrogen) atoms. The lowest BCUT2D eigenvalue weighted by molar-refractivity contribution is 0.429. The van der Waals surface area contributed by atoms with E-state index in [9.17, 15) is 0 Å². The van der Waals surface area contributed by atoms with Gasteiger partial charge in [0.05, 0.1) is 0 Å². The number of anilines is 2. The number of hydrogen-bond acceptors (Lipinski definition) is 6. The van der Waals surface area contributed by atoms with Crippen molar-refractivity contribution in [3.8, 4) is 6.01 Å². The molecule has 0 spiro atoms. The molecule has 0 aliphatic heterocycles. The predicted molar refractivity (Wildman–Crippen MR) is 40.2 cm³/mol. The standard InChI is InChI=1S/C5H9N5O/c1-10(2)4-7-3(6)8-5(11)9-4/h1-2H3,(H3,6,7,8,9,11). The summed E-state index contributed by atoms with van der Waals surface area (Å²) in [7, 11) is 3.49. The van der Waals surface area contributed by atoms with E-state index in [1.165, 1.54) is 0 Å². The van der Waals surface area contributed by atoms with Gasteiger partial charge in [-0.25, -0.2) is 0 Å². The molecule has 1 rings (SSSR count). The fourth-order valence-electron chi connectivity index (χ4n) is 0.569. The van der Waals surface area contributed by atoms with Crippen molar-refractivity contribution in [1.29, 1.82) is 0 Å². The van der Waals surface area contributed by atoms with Crippen LogP contribution >= 0.6 is 0 Å². The van der Waals surface area contributed by atoms with Crippen LogP contribution in [-0.2, 0) is 0 Å². The smallest absolute Gasteiger partial charge is 0.320 e. The molecule has 0 fully saturated rings. The Morgan fingerprint density at radius 2 is 1.91 bits per heavy atom. The van der Waals surface area contributed by atoms with E-state index in [-0.39, 0.29) is 12.0 Å². The average molecular weight is 155 g/mol. The Morgan fingerprint density at radius 3 is 2.36 bits per heavy atom. The molecule has 0 radical (unpaired) electrons. The lowest BCUT2D eigenvalue weighted by atomic mass is 10.8. The fourth-order valence-corrected chi connectivity index (χ4v) is 0.569. The minimum Gasteiger partial charge on any atom is -0.479 e. The zero-order valence-electron chi connectivity index (χ0n) is 6.31. The summed E-state index contributed by atoms with van der Waals surface area (Å²) >= 11 is 0. The lowest BCUT2D eigenvalue weighted by Gasteiger charge is -2.08. The molecule has 60 valence electrons. The van der Waals surface area contributed by atoms with Crippen molar-refractivity contribution in [3.05, 3.63) is 0 Å². The number of aromatic nitrogens is 3. The van der Waals surface area contributed by atoms with Crippen LogP contribution in [0.2, 0.25) is 0 Å². The summed E-state index contributed by atoms with van der Waals surface area (Å²) in [6.45, 7) is 0. The second-order valence-electron chi connectivity index (χ2n) is 2.19. The topological polar surface area (TPSA) is 88.2 Å². The summed E-state index contributed by atoms with van der Waals surface area (Å²) in [6, 6.07) is -0.360. The molecule has 0 aromatic carbocycles. The van der Waals surface area contributed by atoms with E-state index in [1.54, 1.807) is 19.0 Å². The highest BCUT2D eigenvalue weighted by molar-refractivity contribution is 5.33. The number of hydrogen-bond donors (Lipinski definition) is 2. The van der Waals surface area contributed by atoms with Crippen LogP contribution in [0.15, 0.2) is 0 Å². The summed E-state index contributed by atoms with van der Waals surface area (Å²) in [4.78, 5) is 12.4. The monoisotopic (exact) mass is 155 g/mol. The first-order chi connectivity index (χ1) is 5.09. The van der Waals surface area contributed by atoms with Crippen molar-refractivity contribution in [2.24, 2.45) is 0 Å². The van der Waals surface area contributed by atoms with E-state index in [4.69, 9.17) is 10.8 Å². The molecule has 0 saturated heterocycles. The van der Waals surface area contributed by atoms with Gasteiger partial charge in [-0.2, -0.15) is 15.0 Å². The van der Waals surface area contributed by atoms with Crippen LogP contribution in [0, 0.1) is 0 Å². The first-order valence-electron chi connectivity index (χ1n) is 2.97. The highest BCUT2D eigenvalue weighted by atomic mass is 16.3. The molecule has 0 amide bonds. The van der Waals surface area contributed by atoms with Gasteiger partial charge in [0.15, 0.2) is 0 Å². The Balaban J connectivity index is 3.08. The summed E-state index contributed by atoms with van der Waals surface area (Å²) in [5.74, 6) is 0.358. The SMILES string of the molecule is CN(C)c1nc(N)nc(O)n1. The molecule has 1 aromatic heterocycles. The summed E-state index contributed by atoms with van der Waals surface area (Å²) < 4.78 is 0. The van der Waals surface area contributed by atoms with Crippen LogP contribution < -0.4 is 10.6 Å². The molecule has 0 bridgehead atoms. The number of aromatic hydroxyl groups is 1. The molecule has 1 aromatic rings. The van der Waals surface area contributed by atoms with Crippen molar-refractivity contribution in [3.63, 3.8) is 0 Å². The first-order valence-corrected chi connectivity index (χ1v) is 2.97. The third kappa shape index (κ3) is 1.66. The molecule has 0 aliphatic carbocycles. The Kier molecular flexibility index (Phi) is 1.75. The summed E-state index contributed by atoms with van der Waals surface area (Å²) in [5, 5.41) is 8.87. The van der Waals surface area contributed by atoms with Gasteiger partial charge in [-0.1, -0.05) is 0 Å². The maximum Gasteiger partial charge on any atom is 0.320 e. The summed E-state index contributed by atoms with van der Waals surface area (Å²) in [6.07, 6.45) is 0. The Hall–Kier alpha value is -1.59. The third-order valence-corrected chi connectivity index (χ3v) is 1.03. The van der Waals surface area contributed by atoms with Crippen LogP contribution in [0.4, 0.5) is 11.9 Å². The maximum absolute atomic E-state index is 8.87. The predicted octanol–water partition coefficient (Wildman–Crippen LogP) is -0.775. The van der Waals surface area contributed by atoms with E-state index in [1.807, 2.05) is 0 Å². The zero-order chi connectivity index (χ0) is 8.43. The lowest BCUT2D eigenvalue weighted by Crippen LogP contribution is -2.14. The molecule has 0 unspecified atom stereocenters. The van der Waals surface area contributed by atoms with E-state index in [0.29, 0.717) is 5.95 Å². The maximum atomic E-state index is 8.87. The third-order valence-electron chi connectivity index (χ3n) is 1.03.